The first kappa shape index (κ1) is 21.6. The molecule has 7 heteroatoms. The molecule has 2 aliphatic rings. The topological polar surface area (TPSA) is 72.4 Å². The van der Waals surface area contributed by atoms with Gasteiger partial charge in [-0.2, -0.15) is 0 Å². The van der Waals surface area contributed by atoms with Gasteiger partial charge in [-0.3, -0.25) is 9.79 Å². The van der Waals surface area contributed by atoms with E-state index in [0.717, 1.165) is 38.6 Å². The molecule has 0 saturated carbocycles. The van der Waals surface area contributed by atoms with Crippen molar-refractivity contribution in [3.8, 4) is 0 Å². The van der Waals surface area contributed by atoms with E-state index in [-0.39, 0.29) is 17.8 Å². The number of nitrogens with zero attached hydrogens (tertiary/aromatic N) is 2. The number of esters is 1. The molecule has 160 valence electrons. The van der Waals surface area contributed by atoms with Crippen molar-refractivity contribution in [2.75, 3.05) is 40.5 Å². The molecule has 0 spiro atoms. The molecule has 1 aromatic carbocycles. The first-order valence-electron chi connectivity index (χ1n) is 10.4. The van der Waals surface area contributed by atoms with Gasteiger partial charge in [0, 0.05) is 39.9 Å². The molecule has 2 unspecified atom stereocenters. The number of ether oxygens (including phenoxy) is 3. The molecular formula is C22H33N3O4. The zero-order valence-corrected chi connectivity index (χ0v) is 17.7. The largest absolute Gasteiger partial charge is 0.469 e. The summed E-state index contributed by atoms with van der Waals surface area (Å²) in [7, 11) is 3.22. The van der Waals surface area contributed by atoms with Gasteiger partial charge < -0.3 is 24.4 Å². The molecular weight excluding hydrogens is 370 g/mol. The van der Waals surface area contributed by atoms with Gasteiger partial charge in [0.1, 0.15) is 0 Å². The summed E-state index contributed by atoms with van der Waals surface area (Å²) in [5.41, 5.74) is 2.35. The van der Waals surface area contributed by atoms with Crippen LogP contribution in [0.4, 0.5) is 0 Å². The predicted octanol–water partition coefficient (Wildman–Crippen LogP) is 2.20. The number of hydrogen-bond donors (Lipinski definition) is 1. The maximum atomic E-state index is 11.9. The molecule has 0 aliphatic carbocycles. The van der Waals surface area contributed by atoms with E-state index in [0.29, 0.717) is 25.8 Å². The highest BCUT2D eigenvalue weighted by Crippen LogP contribution is 2.24. The van der Waals surface area contributed by atoms with Crippen LogP contribution in [0.2, 0.25) is 0 Å². The minimum Gasteiger partial charge on any atom is -0.469 e. The molecule has 7 nitrogen and oxygen atoms in total. The maximum absolute atomic E-state index is 11.9. The van der Waals surface area contributed by atoms with Crippen molar-refractivity contribution in [2.45, 2.75) is 39.0 Å². The van der Waals surface area contributed by atoms with Crippen LogP contribution in [0.3, 0.4) is 0 Å². The van der Waals surface area contributed by atoms with Gasteiger partial charge >= 0.3 is 5.97 Å². The Labute approximate surface area is 173 Å². The number of aliphatic imine (C=N–C) groups is 1. The molecule has 29 heavy (non-hydrogen) atoms. The number of benzene rings is 1. The number of likely N-dealkylation sites (tertiary alicyclic amines) is 1. The molecule has 1 aromatic rings. The Morgan fingerprint density at radius 1 is 1.28 bits per heavy atom. The number of nitrogens with one attached hydrogen (secondary N) is 1. The standard InChI is InChI=1S/C22H33N3O4/c1-16-13-25(14-20(16)21(26)27-3)22(23-2)24-12-17-5-4-6-18(11-17)15-29-19-7-9-28-10-8-19/h4-6,11,16,19-20H,7-10,12-15H2,1-3H3,(H,23,24). The van der Waals surface area contributed by atoms with Gasteiger partial charge in [-0.25, -0.2) is 0 Å². The smallest absolute Gasteiger partial charge is 0.310 e. The highest BCUT2D eigenvalue weighted by atomic mass is 16.5. The molecule has 3 rings (SSSR count). The van der Waals surface area contributed by atoms with E-state index in [2.05, 4.69) is 46.4 Å². The van der Waals surface area contributed by atoms with Crippen LogP contribution in [-0.4, -0.2) is 63.4 Å². The SMILES string of the molecule is CN=C(NCc1cccc(COC2CCOCC2)c1)N1CC(C)C(C(=O)OC)C1. The minimum absolute atomic E-state index is 0.107. The first-order valence-corrected chi connectivity index (χ1v) is 10.4. The molecule has 1 N–H and O–H groups in total. The van der Waals surface area contributed by atoms with Crippen molar-refractivity contribution in [1.82, 2.24) is 10.2 Å². The van der Waals surface area contributed by atoms with Crippen molar-refractivity contribution in [3.63, 3.8) is 0 Å². The molecule has 0 aromatic heterocycles. The van der Waals surface area contributed by atoms with E-state index in [1.54, 1.807) is 7.05 Å². The highest BCUT2D eigenvalue weighted by Gasteiger charge is 2.36. The van der Waals surface area contributed by atoms with E-state index in [1.165, 1.54) is 18.2 Å². The summed E-state index contributed by atoms with van der Waals surface area (Å²) in [5.74, 6) is 0.802. The van der Waals surface area contributed by atoms with Gasteiger partial charge in [0.25, 0.3) is 0 Å². The highest BCUT2D eigenvalue weighted by molar-refractivity contribution is 5.82. The van der Waals surface area contributed by atoms with Crippen LogP contribution in [0.5, 0.6) is 0 Å². The molecule has 2 fully saturated rings. The third-order valence-corrected chi connectivity index (χ3v) is 5.72. The Morgan fingerprint density at radius 3 is 2.76 bits per heavy atom. The van der Waals surface area contributed by atoms with Crippen LogP contribution in [0.1, 0.15) is 30.9 Å². The van der Waals surface area contributed by atoms with Gasteiger partial charge in [0.2, 0.25) is 0 Å². The number of methoxy groups -OCH3 is 1. The number of carbonyl (C=O) groups is 1. The van der Waals surface area contributed by atoms with Crippen LogP contribution >= 0.6 is 0 Å². The predicted molar refractivity (Wildman–Crippen MR) is 112 cm³/mol. The Kier molecular flexibility index (Phi) is 7.89. The summed E-state index contributed by atoms with van der Waals surface area (Å²) in [4.78, 5) is 18.5. The second kappa shape index (κ2) is 10.6. The number of guanidine groups is 1. The maximum Gasteiger partial charge on any atom is 0.310 e. The average molecular weight is 404 g/mol. The van der Waals surface area contributed by atoms with Crippen LogP contribution < -0.4 is 5.32 Å². The first-order chi connectivity index (χ1) is 14.1. The number of carbonyl (C=O) groups excluding carboxylic acids is 1. The van der Waals surface area contributed by atoms with E-state index >= 15 is 0 Å². The Hall–Kier alpha value is -2.12. The van der Waals surface area contributed by atoms with Crippen LogP contribution in [0.25, 0.3) is 0 Å². The molecule has 2 atom stereocenters. The normalized spacial score (nSPS) is 23.3. The fourth-order valence-electron chi connectivity index (χ4n) is 4.00. The Balaban J connectivity index is 1.51. The monoisotopic (exact) mass is 403 g/mol. The Bertz CT molecular complexity index is 703. The van der Waals surface area contributed by atoms with Gasteiger partial charge in [-0.15, -0.1) is 0 Å². The number of rotatable bonds is 6. The summed E-state index contributed by atoms with van der Waals surface area (Å²) in [6.45, 7) is 6.38. The lowest BCUT2D eigenvalue weighted by molar-refractivity contribution is -0.145. The van der Waals surface area contributed by atoms with Gasteiger partial charge in [-0.05, 0) is 29.9 Å². The quantitative estimate of drug-likeness (QED) is 0.446. The molecule has 2 saturated heterocycles. The Morgan fingerprint density at radius 2 is 2.03 bits per heavy atom. The van der Waals surface area contributed by atoms with Crippen molar-refractivity contribution in [1.29, 1.82) is 0 Å². The molecule has 0 amide bonds. The number of hydrogen-bond acceptors (Lipinski definition) is 5. The lowest BCUT2D eigenvalue weighted by Crippen LogP contribution is -2.40. The second-order valence-electron chi connectivity index (χ2n) is 7.86. The van der Waals surface area contributed by atoms with Crippen LogP contribution in [0.15, 0.2) is 29.3 Å². The van der Waals surface area contributed by atoms with Crippen molar-refractivity contribution in [3.05, 3.63) is 35.4 Å². The van der Waals surface area contributed by atoms with Gasteiger partial charge in [-0.1, -0.05) is 31.2 Å². The van der Waals surface area contributed by atoms with Crippen LogP contribution in [0, 0.1) is 11.8 Å². The fourth-order valence-corrected chi connectivity index (χ4v) is 4.00. The van der Waals surface area contributed by atoms with Gasteiger partial charge in [0.05, 0.1) is 25.7 Å². The molecule has 0 radical (unpaired) electrons. The zero-order chi connectivity index (χ0) is 20.6. The average Bonchev–Trinajstić information content (AvgIpc) is 3.14. The summed E-state index contributed by atoms with van der Waals surface area (Å²) in [5, 5.41) is 3.42. The van der Waals surface area contributed by atoms with Gasteiger partial charge in [0.15, 0.2) is 5.96 Å². The third kappa shape index (κ3) is 5.93. The van der Waals surface area contributed by atoms with Crippen molar-refractivity contribution >= 4 is 11.9 Å². The van der Waals surface area contributed by atoms with E-state index in [1.807, 2.05) is 0 Å². The minimum atomic E-state index is -0.146. The van der Waals surface area contributed by atoms with Crippen LogP contribution in [-0.2, 0) is 32.2 Å². The lowest BCUT2D eigenvalue weighted by atomic mass is 9.99. The summed E-state index contributed by atoms with van der Waals surface area (Å²) >= 11 is 0. The third-order valence-electron chi connectivity index (χ3n) is 5.72. The van der Waals surface area contributed by atoms with E-state index in [4.69, 9.17) is 14.2 Å². The summed E-state index contributed by atoms with van der Waals surface area (Å²) in [6, 6.07) is 8.43. The molecule has 2 heterocycles. The lowest BCUT2D eigenvalue weighted by Gasteiger charge is -2.23. The zero-order valence-electron chi connectivity index (χ0n) is 17.7. The van der Waals surface area contributed by atoms with E-state index < -0.39 is 0 Å². The molecule has 0 bridgehead atoms. The second-order valence-corrected chi connectivity index (χ2v) is 7.86. The van der Waals surface area contributed by atoms with E-state index in [9.17, 15) is 4.79 Å². The molecule has 2 aliphatic heterocycles. The summed E-state index contributed by atoms with van der Waals surface area (Å²) in [6.07, 6.45) is 2.24. The fraction of sp³-hybridized carbons (Fsp3) is 0.636. The summed E-state index contributed by atoms with van der Waals surface area (Å²) < 4.78 is 16.3. The van der Waals surface area contributed by atoms with Crippen molar-refractivity contribution < 1.29 is 19.0 Å². The van der Waals surface area contributed by atoms with Crippen molar-refractivity contribution in [2.24, 2.45) is 16.8 Å².